The van der Waals surface area contributed by atoms with Gasteiger partial charge < -0.3 is 14.8 Å². The van der Waals surface area contributed by atoms with E-state index in [0.717, 1.165) is 31.8 Å². The molecule has 122 valence electrons. The standard InChI is InChI=1S/C17H19ClN2O3/c18-15-8-13(3-4-16(15)21)17(22)19-9-12-5-6-20(10-12)11-14-2-1-7-23-14/h1-4,7-8,12,21H,5-6,9-11H2,(H,19,22). The topological polar surface area (TPSA) is 65.7 Å². The van der Waals surface area contributed by atoms with Crippen LogP contribution < -0.4 is 5.32 Å². The Morgan fingerprint density at radius 3 is 3.04 bits per heavy atom. The van der Waals surface area contributed by atoms with Crippen molar-refractivity contribution in [3.05, 3.63) is 52.9 Å². The van der Waals surface area contributed by atoms with E-state index in [1.165, 1.54) is 12.1 Å². The lowest BCUT2D eigenvalue weighted by Crippen LogP contribution is -2.30. The minimum Gasteiger partial charge on any atom is -0.506 e. The monoisotopic (exact) mass is 334 g/mol. The molecule has 2 N–H and O–H groups in total. The Kier molecular flexibility index (Phi) is 4.88. The molecule has 0 aliphatic carbocycles. The van der Waals surface area contributed by atoms with Crippen molar-refractivity contribution in [3.63, 3.8) is 0 Å². The third-order valence-electron chi connectivity index (χ3n) is 4.09. The van der Waals surface area contributed by atoms with Crippen molar-refractivity contribution in [2.75, 3.05) is 19.6 Å². The zero-order chi connectivity index (χ0) is 16.2. The van der Waals surface area contributed by atoms with E-state index in [4.69, 9.17) is 16.0 Å². The number of carbonyl (C=O) groups excluding carboxylic acids is 1. The minimum atomic E-state index is -0.170. The van der Waals surface area contributed by atoms with Gasteiger partial charge in [0.25, 0.3) is 5.91 Å². The number of amides is 1. The molecule has 5 nitrogen and oxygen atoms in total. The van der Waals surface area contributed by atoms with Crippen LogP contribution in [0.15, 0.2) is 41.0 Å². The SMILES string of the molecule is O=C(NCC1CCN(Cc2ccco2)C1)c1ccc(O)c(Cl)c1. The molecule has 3 rings (SSSR count). The van der Waals surface area contributed by atoms with Crippen LogP contribution in [-0.4, -0.2) is 35.5 Å². The number of aromatic hydroxyl groups is 1. The summed E-state index contributed by atoms with van der Waals surface area (Å²) in [5.74, 6) is 1.21. The second-order valence-corrected chi connectivity index (χ2v) is 6.25. The lowest BCUT2D eigenvalue weighted by molar-refractivity contribution is 0.0947. The predicted octanol–water partition coefficient (Wildman–Crippen LogP) is 2.89. The molecule has 6 heteroatoms. The number of benzene rings is 1. The smallest absolute Gasteiger partial charge is 0.251 e. The molecule has 1 aliphatic rings. The fourth-order valence-corrected chi connectivity index (χ4v) is 3.01. The van der Waals surface area contributed by atoms with Gasteiger partial charge in [0.05, 0.1) is 17.8 Å². The first kappa shape index (κ1) is 15.9. The van der Waals surface area contributed by atoms with Crippen molar-refractivity contribution in [3.8, 4) is 5.75 Å². The zero-order valence-corrected chi connectivity index (χ0v) is 13.4. The molecule has 1 amide bonds. The maximum absolute atomic E-state index is 12.1. The van der Waals surface area contributed by atoms with Gasteiger partial charge >= 0.3 is 0 Å². The van der Waals surface area contributed by atoms with Crippen molar-refractivity contribution in [2.24, 2.45) is 5.92 Å². The van der Waals surface area contributed by atoms with Crippen LogP contribution in [-0.2, 0) is 6.54 Å². The molecule has 1 saturated heterocycles. The van der Waals surface area contributed by atoms with Gasteiger partial charge in [0, 0.05) is 18.7 Å². The van der Waals surface area contributed by atoms with Gasteiger partial charge in [-0.3, -0.25) is 9.69 Å². The van der Waals surface area contributed by atoms with Crippen molar-refractivity contribution in [2.45, 2.75) is 13.0 Å². The molecule has 0 saturated carbocycles. The molecule has 0 radical (unpaired) electrons. The molecule has 1 aromatic carbocycles. The van der Waals surface area contributed by atoms with Gasteiger partial charge in [-0.2, -0.15) is 0 Å². The maximum Gasteiger partial charge on any atom is 0.251 e. The summed E-state index contributed by atoms with van der Waals surface area (Å²) in [4.78, 5) is 14.4. The summed E-state index contributed by atoms with van der Waals surface area (Å²) in [5, 5.41) is 12.5. The van der Waals surface area contributed by atoms with E-state index in [-0.39, 0.29) is 16.7 Å². The fraction of sp³-hybridized carbons (Fsp3) is 0.353. The number of nitrogens with zero attached hydrogens (tertiary/aromatic N) is 1. The highest BCUT2D eigenvalue weighted by molar-refractivity contribution is 6.32. The Morgan fingerprint density at radius 1 is 1.43 bits per heavy atom. The Bertz CT molecular complexity index is 672. The van der Waals surface area contributed by atoms with Gasteiger partial charge in [-0.15, -0.1) is 0 Å². The van der Waals surface area contributed by atoms with Crippen LogP contribution in [0.1, 0.15) is 22.5 Å². The Hall–Kier alpha value is -1.98. The first-order valence-corrected chi connectivity index (χ1v) is 8.01. The van der Waals surface area contributed by atoms with Gasteiger partial charge in [-0.25, -0.2) is 0 Å². The molecule has 23 heavy (non-hydrogen) atoms. The van der Waals surface area contributed by atoms with Crippen molar-refractivity contribution in [1.29, 1.82) is 0 Å². The molecule has 2 aromatic rings. The number of phenolic OH excluding ortho intramolecular Hbond substituents is 1. The Balaban J connectivity index is 1.47. The molecule has 2 heterocycles. The molecular formula is C17H19ClN2O3. The number of furan rings is 1. The maximum atomic E-state index is 12.1. The van der Waals surface area contributed by atoms with Gasteiger partial charge in [-0.05, 0) is 49.2 Å². The van der Waals surface area contributed by atoms with Crippen LogP contribution in [0.4, 0.5) is 0 Å². The third kappa shape index (κ3) is 4.06. The number of carbonyl (C=O) groups is 1. The highest BCUT2D eigenvalue weighted by Gasteiger charge is 2.23. The normalized spacial score (nSPS) is 18.2. The van der Waals surface area contributed by atoms with E-state index >= 15 is 0 Å². The third-order valence-corrected chi connectivity index (χ3v) is 4.39. The molecule has 1 unspecified atom stereocenters. The van der Waals surface area contributed by atoms with Crippen molar-refractivity contribution < 1.29 is 14.3 Å². The average Bonchev–Trinajstić information content (AvgIpc) is 3.20. The van der Waals surface area contributed by atoms with E-state index < -0.39 is 0 Å². The van der Waals surface area contributed by atoms with Gasteiger partial charge in [0.1, 0.15) is 11.5 Å². The first-order chi connectivity index (χ1) is 11.1. The number of hydrogen-bond donors (Lipinski definition) is 2. The summed E-state index contributed by atoms with van der Waals surface area (Å²) < 4.78 is 5.36. The van der Waals surface area contributed by atoms with Crippen LogP contribution in [0.3, 0.4) is 0 Å². The second kappa shape index (κ2) is 7.06. The average molecular weight is 335 g/mol. The van der Waals surface area contributed by atoms with E-state index in [9.17, 15) is 9.90 Å². The van der Waals surface area contributed by atoms with Gasteiger partial charge in [0.2, 0.25) is 0 Å². The highest BCUT2D eigenvalue weighted by Crippen LogP contribution is 2.24. The highest BCUT2D eigenvalue weighted by atomic mass is 35.5. The number of rotatable bonds is 5. The van der Waals surface area contributed by atoms with Crippen LogP contribution in [0.5, 0.6) is 5.75 Å². The predicted molar refractivity (Wildman–Crippen MR) is 87.5 cm³/mol. The summed E-state index contributed by atoms with van der Waals surface area (Å²) in [6.45, 7) is 3.39. The molecule has 1 aliphatic heterocycles. The van der Waals surface area contributed by atoms with Crippen molar-refractivity contribution >= 4 is 17.5 Å². The van der Waals surface area contributed by atoms with E-state index in [2.05, 4.69) is 10.2 Å². The van der Waals surface area contributed by atoms with Gasteiger partial charge in [0.15, 0.2) is 0 Å². The van der Waals surface area contributed by atoms with Crippen molar-refractivity contribution in [1.82, 2.24) is 10.2 Å². The minimum absolute atomic E-state index is 0.0208. The summed E-state index contributed by atoms with van der Waals surface area (Å²) in [7, 11) is 0. The first-order valence-electron chi connectivity index (χ1n) is 7.63. The van der Waals surface area contributed by atoms with Crippen LogP contribution in [0.2, 0.25) is 5.02 Å². The summed E-state index contributed by atoms with van der Waals surface area (Å²) in [5.41, 5.74) is 0.457. The fourth-order valence-electron chi connectivity index (χ4n) is 2.83. The Labute approximate surface area is 139 Å². The molecule has 1 aromatic heterocycles. The number of hydrogen-bond acceptors (Lipinski definition) is 4. The molecule has 1 fully saturated rings. The van der Waals surface area contributed by atoms with Crippen LogP contribution >= 0.6 is 11.6 Å². The largest absolute Gasteiger partial charge is 0.506 e. The van der Waals surface area contributed by atoms with Crippen LogP contribution in [0.25, 0.3) is 0 Å². The number of phenols is 1. The van der Waals surface area contributed by atoms with E-state index in [0.29, 0.717) is 18.0 Å². The summed E-state index contributed by atoms with van der Waals surface area (Å²) >= 11 is 5.83. The number of likely N-dealkylation sites (tertiary alicyclic amines) is 1. The number of nitrogens with one attached hydrogen (secondary N) is 1. The van der Waals surface area contributed by atoms with Crippen LogP contribution in [0, 0.1) is 5.92 Å². The number of halogens is 1. The van der Waals surface area contributed by atoms with E-state index in [1.807, 2.05) is 12.1 Å². The lowest BCUT2D eigenvalue weighted by atomic mass is 10.1. The van der Waals surface area contributed by atoms with E-state index in [1.54, 1.807) is 12.3 Å². The zero-order valence-electron chi connectivity index (χ0n) is 12.7. The summed E-state index contributed by atoms with van der Waals surface area (Å²) in [6, 6.07) is 8.34. The summed E-state index contributed by atoms with van der Waals surface area (Å²) in [6.07, 6.45) is 2.74. The Morgan fingerprint density at radius 2 is 2.30 bits per heavy atom. The lowest BCUT2D eigenvalue weighted by Gasteiger charge is -2.15. The van der Waals surface area contributed by atoms with Gasteiger partial charge in [-0.1, -0.05) is 11.6 Å². The molecule has 0 spiro atoms. The molecule has 0 bridgehead atoms. The second-order valence-electron chi connectivity index (χ2n) is 5.85. The molecular weight excluding hydrogens is 316 g/mol. The quantitative estimate of drug-likeness (QED) is 0.882. The molecule has 1 atom stereocenters.